The van der Waals surface area contributed by atoms with Gasteiger partial charge in [-0.05, 0) is 41.4 Å². The van der Waals surface area contributed by atoms with Crippen molar-refractivity contribution in [2.24, 2.45) is 0 Å². The van der Waals surface area contributed by atoms with Gasteiger partial charge in [0.2, 0.25) is 0 Å². The van der Waals surface area contributed by atoms with Crippen molar-refractivity contribution < 1.29 is 4.79 Å². The smallest absolute Gasteiger partial charge is 0.178 e. The van der Waals surface area contributed by atoms with Gasteiger partial charge in [0.05, 0.1) is 6.04 Å². The van der Waals surface area contributed by atoms with Gasteiger partial charge in [0.15, 0.2) is 5.52 Å². The molecule has 0 aromatic carbocycles. The largest absolute Gasteiger partial charge is 0.307 e. The van der Waals surface area contributed by atoms with E-state index in [4.69, 9.17) is 0 Å². The number of carbonyl (C=O) groups excluding carboxylic acids is 1. The predicted octanol–water partition coefficient (Wildman–Crippen LogP) is 1.29. The zero-order valence-corrected chi connectivity index (χ0v) is 8.14. The summed E-state index contributed by atoms with van der Waals surface area (Å²) >= 11 is 2.14. The summed E-state index contributed by atoms with van der Waals surface area (Å²) in [6.07, 6.45) is 2.65. The molecule has 2 nitrogen and oxygen atoms in total. The molecule has 0 aromatic heterocycles. The van der Waals surface area contributed by atoms with E-state index in [1.165, 1.54) is 0 Å². The monoisotopic (exact) mass is 257 g/mol. The number of carbonyl (C=O) groups is 1. The standard InChI is InChI=1S/C5H9INOP/c6-9-5(8)4-2-1-3-7-4/h4,7,9H,1-3H2/t4-/m0/s1. The van der Waals surface area contributed by atoms with Gasteiger partial charge in [0, 0.05) is 6.22 Å². The molecule has 1 N–H and O–H groups in total. The van der Waals surface area contributed by atoms with Crippen molar-refractivity contribution in [1.29, 1.82) is 0 Å². The zero-order valence-electron chi connectivity index (χ0n) is 4.98. The fraction of sp³-hybridized carbons (Fsp3) is 0.800. The fourth-order valence-corrected chi connectivity index (χ4v) is 2.48. The summed E-state index contributed by atoms with van der Waals surface area (Å²) in [7, 11) is 0. The van der Waals surface area contributed by atoms with E-state index in [-0.39, 0.29) is 6.04 Å². The second-order valence-corrected chi connectivity index (χ2v) is 4.41. The lowest BCUT2D eigenvalue weighted by Crippen LogP contribution is -2.27. The SMILES string of the molecule is O=C(PI)[C@@H]1CCCN1. The van der Waals surface area contributed by atoms with Gasteiger partial charge in [-0.25, -0.2) is 0 Å². The molecule has 1 saturated heterocycles. The molecule has 0 spiro atoms. The van der Waals surface area contributed by atoms with Crippen LogP contribution >= 0.6 is 28.3 Å². The maximum atomic E-state index is 11.0. The van der Waals surface area contributed by atoms with E-state index in [1.807, 2.05) is 0 Å². The van der Waals surface area contributed by atoms with Gasteiger partial charge in [-0.2, -0.15) is 0 Å². The van der Waals surface area contributed by atoms with Gasteiger partial charge in [0.25, 0.3) is 0 Å². The maximum absolute atomic E-state index is 11.0. The molecule has 0 aliphatic carbocycles. The van der Waals surface area contributed by atoms with Crippen LogP contribution in [0.2, 0.25) is 0 Å². The molecule has 0 bridgehead atoms. The number of halogens is 1. The molecule has 4 heteroatoms. The molecule has 0 amide bonds. The molecule has 1 heterocycles. The van der Waals surface area contributed by atoms with E-state index >= 15 is 0 Å². The summed E-state index contributed by atoms with van der Waals surface area (Å²) in [5.74, 6) is 0. The second kappa shape index (κ2) is 3.84. The Morgan fingerprint density at radius 2 is 2.56 bits per heavy atom. The van der Waals surface area contributed by atoms with Crippen molar-refractivity contribution >= 4 is 33.8 Å². The van der Waals surface area contributed by atoms with E-state index < -0.39 is 0 Å². The van der Waals surface area contributed by atoms with Gasteiger partial charge in [0.1, 0.15) is 0 Å². The van der Waals surface area contributed by atoms with Crippen molar-refractivity contribution in [3.8, 4) is 0 Å². The van der Waals surface area contributed by atoms with Gasteiger partial charge in [-0.15, -0.1) is 0 Å². The van der Waals surface area contributed by atoms with Gasteiger partial charge >= 0.3 is 0 Å². The summed E-state index contributed by atoms with van der Waals surface area (Å²) in [6, 6.07) is 0.195. The molecular formula is C5H9INOP. The van der Waals surface area contributed by atoms with Crippen molar-refractivity contribution in [1.82, 2.24) is 5.32 Å². The number of hydrogen-bond donors (Lipinski definition) is 1. The Bertz CT molecular complexity index is 114. The highest BCUT2D eigenvalue weighted by atomic mass is 127. The first-order valence-corrected chi connectivity index (χ1v) is 7.10. The molecule has 2 atom stereocenters. The lowest BCUT2D eigenvalue weighted by molar-refractivity contribution is -0.112. The summed E-state index contributed by atoms with van der Waals surface area (Å²) < 4.78 is 0. The summed E-state index contributed by atoms with van der Waals surface area (Å²) in [5.41, 5.74) is 0.383. The van der Waals surface area contributed by atoms with Crippen LogP contribution in [0.25, 0.3) is 0 Å². The van der Waals surface area contributed by atoms with Crippen LogP contribution in [0.5, 0.6) is 0 Å². The first kappa shape index (κ1) is 7.89. The molecule has 0 saturated carbocycles. The van der Waals surface area contributed by atoms with Crippen LogP contribution in [0.4, 0.5) is 0 Å². The van der Waals surface area contributed by atoms with Crippen LogP contribution in [-0.4, -0.2) is 18.1 Å². The Morgan fingerprint density at radius 3 is 3.00 bits per heavy atom. The first-order valence-electron chi connectivity index (χ1n) is 2.98. The Hall–Kier alpha value is 0.790. The van der Waals surface area contributed by atoms with Crippen LogP contribution in [0.1, 0.15) is 12.8 Å². The Kier molecular flexibility index (Phi) is 3.37. The van der Waals surface area contributed by atoms with Crippen LogP contribution in [0.15, 0.2) is 0 Å². The van der Waals surface area contributed by atoms with Crippen LogP contribution < -0.4 is 5.32 Å². The molecule has 1 rings (SSSR count). The van der Waals surface area contributed by atoms with Gasteiger partial charge in [-0.1, -0.05) is 0 Å². The fourth-order valence-electron chi connectivity index (χ4n) is 0.974. The molecule has 1 aliphatic heterocycles. The van der Waals surface area contributed by atoms with Crippen molar-refractivity contribution in [3.05, 3.63) is 0 Å². The number of hydrogen-bond acceptors (Lipinski definition) is 2. The van der Waals surface area contributed by atoms with E-state index in [1.54, 1.807) is 0 Å². The lowest BCUT2D eigenvalue weighted by Gasteiger charge is -2.03. The van der Waals surface area contributed by atoms with E-state index in [9.17, 15) is 4.79 Å². The van der Waals surface area contributed by atoms with Crippen LogP contribution in [0.3, 0.4) is 0 Å². The minimum Gasteiger partial charge on any atom is -0.307 e. The highest BCUT2D eigenvalue weighted by Crippen LogP contribution is 2.26. The molecule has 0 aromatic rings. The Morgan fingerprint density at radius 1 is 1.78 bits per heavy atom. The van der Waals surface area contributed by atoms with Crippen molar-refractivity contribution in [2.45, 2.75) is 18.9 Å². The third-order valence-corrected chi connectivity index (χ3v) is 3.60. The predicted molar refractivity (Wildman–Crippen MR) is 48.4 cm³/mol. The minimum absolute atomic E-state index is 0.195. The highest BCUT2D eigenvalue weighted by Gasteiger charge is 2.20. The van der Waals surface area contributed by atoms with Gasteiger partial charge < -0.3 is 5.32 Å². The quantitative estimate of drug-likeness (QED) is 0.596. The number of rotatable bonds is 2. The molecule has 9 heavy (non-hydrogen) atoms. The summed E-state index contributed by atoms with van der Waals surface area (Å²) in [6.45, 7) is 1.03. The second-order valence-electron chi connectivity index (χ2n) is 2.11. The Balaban J connectivity index is 2.32. The molecule has 1 unspecified atom stereocenters. The summed E-state index contributed by atoms with van der Waals surface area (Å²) in [5, 5.41) is 3.16. The average molecular weight is 257 g/mol. The third kappa shape index (κ3) is 2.13. The minimum atomic E-state index is 0.195. The topological polar surface area (TPSA) is 29.1 Å². The van der Waals surface area contributed by atoms with E-state index in [2.05, 4.69) is 27.4 Å². The third-order valence-electron chi connectivity index (χ3n) is 1.47. The van der Waals surface area contributed by atoms with Crippen LogP contribution in [-0.2, 0) is 4.79 Å². The highest BCUT2D eigenvalue weighted by molar-refractivity contribution is 14.2. The van der Waals surface area contributed by atoms with Gasteiger partial charge in [-0.3, -0.25) is 4.79 Å². The average Bonchev–Trinajstić information content (AvgIpc) is 2.37. The van der Waals surface area contributed by atoms with Crippen LogP contribution in [0, 0.1) is 0 Å². The molecule has 1 fully saturated rings. The zero-order chi connectivity index (χ0) is 6.69. The molecule has 1 aliphatic rings. The summed E-state index contributed by atoms with van der Waals surface area (Å²) in [4.78, 5) is 11.0. The number of nitrogens with one attached hydrogen (secondary N) is 1. The first-order chi connectivity index (χ1) is 4.34. The van der Waals surface area contributed by atoms with Crippen molar-refractivity contribution in [2.75, 3.05) is 6.54 Å². The van der Waals surface area contributed by atoms with Crippen molar-refractivity contribution in [3.63, 3.8) is 0 Å². The Labute approximate surface area is 69.4 Å². The molecule has 52 valence electrons. The maximum Gasteiger partial charge on any atom is 0.178 e. The molecule has 0 radical (unpaired) electrons. The lowest BCUT2D eigenvalue weighted by atomic mass is 10.2. The normalized spacial score (nSPS) is 27.9. The van der Waals surface area contributed by atoms with E-state index in [0.717, 1.165) is 19.4 Å². The molecular weight excluding hydrogens is 248 g/mol. The van der Waals surface area contributed by atoms with E-state index in [0.29, 0.717) is 11.7 Å².